The lowest BCUT2D eigenvalue weighted by Gasteiger charge is -2.38. The number of furan rings is 1. The van der Waals surface area contributed by atoms with E-state index in [1.165, 1.54) is 6.26 Å². The van der Waals surface area contributed by atoms with Gasteiger partial charge in [0.2, 0.25) is 5.91 Å². The van der Waals surface area contributed by atoms with Crippen LogP contribution in [0.1, 0.15) is 16.9 Å². The van der Waals surface area contributed by atoms with Crippen molar-refractivity contribution in [3.63, 3.8) is 0 Å². The van der Waals surface area contributed by atoms with Gasteiger partial charge in [-0.05, 0) is 24.6 Å². The molecular weight excluding hydrogens is 314 g/mol. The van der Waals surface area contributed by atoms with E-state index < -0.39 is 15.1 Å². The van der Waals surface area contributed by atoms with Crippen LogP contribution in [0.3, 0.4) is 0 Å². The highest BCUT2D eigenvalue weighted by Gasteiger charge is 2.39. The van der Waals surface area contributed by atoms with Gasteiger partial charge in [-0.2, -0.15) is 0 Å². The van der Waals surface area contributed by atoms with Crippen LogP contribution >= 0.6 is 0 Å². The lowest BCUT2D eigenvalue weighted by Crippen LogP contribution is -2.57. The first-order chi connectivity index (χ1) is 10.9. The molecule has 1 aliphatic rings. The molecule has 0 radical (unpaired) electrons. The van der Waals surface area contributed by atoms with Crippen molar-refractivity contribution >= 4 is 15.7 Å². The molecule has 2 heterocycles. The van der Waals surface area contributed by atoms with Crippen molar-refractivity contribution in [1.82, 2.24) is 4.90 Å². The Morgan fingerprint density at radius 2 is 2.04 bits per heavy atom. The number of carbonyl (C=O) groups is 1. The largest absolute Gasteiger partial charge is 0.468 e. The van der Waals surface area contributed by atoms with Crippen LogP contribution in [-0.4, -0.2) is 37.6 Å². The van der Waals surface area contributed by atoms with Gasteiger partial charge in [-0.3, -0.25) is 4.79 Å². The Hall–Kier alpha value is -2.08. The molecule has 0 atom stereocenters. The van der Waals surface area contributed by atoms with Gasteiger partial charge in [0.15, 0.2) is 9.84 Å². The molecule has 1 saturated heterocycles. The summed E-state index contributed by atoms with van der Waals surface area (Å²) in [5.41, 5.74) is 2.06. The summed E-state index contributed by atoms with van der Waals surface area (Å²) in [5, 5.41) is -0.492. The predicted octanol–water partition coefficient (Wildman–Crippen LogP) is 1.96. The van der Waals surface area contributed by atoms with E-state index in [2.05, 4.69) is 0 Å². The number of carbonyl (C=O) groups excluding carboxylic acids is 1. The van der Waals surface area contributed by atoms with E-state index in [1.54, 1.807) is 17.0 Å². The Morgan fingerprint density at radius 3 is 2.70 bits per heavy atom. The third-order valence-electron chi connectivity index (χ3n) is 4.07. The van der Waals surface area contributed by atoms with Gasteiger partial charge in [-0.15, -0.1) is 0 Å². The number of likely N-dealkylation sites (tertiary alicyclic amines) is 1. The van der Waals surface area contributed by atoms with E-state index in [0.29, 0.717) is 12.2 Å². The highest BCUT2D eigenvalue weighted by atomic mass is 32.2. The zero-order valence-corrected chi connectivity index (χ0v) is 13.8. The lowest BCUT2D eigenvalue weighted by molar-refractivity contribution is -0.133. The maximum Gasteiger partial charge on any atom is 0.227 e. The highest BCUT2D eigenvalue weighted by Crippen LogP contribution is 2.21. The maximum absolute atomic E-state index is 12.3. The van der Waals surface area contributed by atoms with E-state index in [0.717, 1.165) is 11.1 Å². The minimum atomic E-state index is -3.28. The lowest BCUT2D eigenvalue weighted by atomic mass is 10.1. The molecule has 6 heteroatoms. The van der Waals surface area contributed by atoms with Gasteiger partial charge in [-0.25, -0.2) is 8.42 Å². The number of nitrogens with zero attached hydrogens (tertiary/aromatic N) is 1. The minimum Gasteiger partial charge on any atom is -0.468 e. The first-order valence-corrected chi connectivity index (χ1v) is 9.23. The average molecular weight is 333 g/mol. The van der Waals surface area contributed by atoms with Crippen molar-refractivity contribution in [3.05, 3.63) is 59.5 Å². The fourth-order valence-corrected chi connectivity index (χ4v) is 4.30. The number of aryl methyl sites for hydroxylation is 1. The van der Waals surface area contributed by atoms with Crippen molar-refractivity contribution in [3.8, 4) is 0 Å². The van der Waals surface area contributed by atoms with Crippen LogP contribution in [0.2, 0.25) is 0 Å². The monoisotopic (exact) mass is 333 g/mol. The highest BCUT2D eigenvalue weighted by molar-refractivity contribution is 7.91. The van der Waals surface area contributed by atoms with Gasteiger partial charge < -0.3 is 9.32 Å². The molecule has 0 spiro atoms. The SMILES string of the molecule is Cc1cccc(CC(=O)N2CC(S(=O)(=O)Cc3ccco3)C2)c1. The molecule has 1 fully saturated rings. The zero-order chi connectivity index (χ0) is 16.4. The number of rotatable bonds is 5. The van der Waals surface area contributed by atoms with Crippen molar-refractivity contribution in [2.75, 3.05) is 13.1 Å². The Labute approximate surface area is 135 Å². The molecule has 0 aliphatic carbocycles. The molecule has 0 N–H and O–H groups in total. The first kappa shape index (κ1) is 15.8. The van der Waals surface area contributed by atoms with E-state index in [-0.39, 0.29) is 24.7 Å². The molecule has 23 heavy (non-hydrogen) atoms. The average Bonchev–Trinajstić information content (AvgIpc) is 2.88. The number of hydrogen-bond acceptors (Lipinski definition) is 4. The van der Waals surface area contributed by atoms with Crippen molar-refractivity contribution in [2.45, 2.75) is 24.3 Å². The second-order valence-corrected chi connectivity index (χ2v) is 8.25. The molecule has 0 bridgehead atoms. The third kappa shape index (κ3) is 3.64. The van der Waals surface area contributed by atoms with Crippen molar-refractivity contribution < 1.29 is 17.6 Å². The van der Waals surface area contributed by atoms with E-state index >= 15 is 0 Å². The first-order valence-electron chi connectivity index (χ1n) is 7.51. The van der Waals surface area contributed by atoms with Gasteiger partial charge in [0.05, 0.1) is 17.9 Å². The molecular formula is C17H19NO4S. The molecule has 5 nitrogen and oxygen atoms in total. The second-order valence-electron chi connectivity index (χ2n) is 5.97. The normalized spacial score (nSPS) is 15.4. The van der Waals surface area contributed by atoms with Gasteiger partial charge in [0.25, 0.3) is 0 Å². The maximum atomic E-state index is 12.3. The smallest absolute Gasteiger partial charge is 0.227 e. The second kappa shape index (κ2) is 6.20. The summed E-state index contributed by atoms with van der Waals surface area (Å²) in [5.74, 6) is 0.305. The van der Waals surface area contributed by atoms with Gasteiger partial charge in [-0.1, -0.05) is 29.8 Å². The molecule has 1 aromatic heterocycles. The molecule has 1 aliphatic heterocycles. The third-order valence-corrected chi connectivity index (χ3v) is 6.07. The van der Waals surface area contributed by atoms with E-state index in [1.807, 2.05) is 31.2 Å². The van der Waals surface area contributed by atoms with Crippen LogP contribution in [-0.2, 0) is 26.8 Å². The Morgan fingerprint density at radius 1 is 1.26 bits per heavy atom. The topological polar surface area (TPSA) is 67.6 Å². The van der Waals surface area contributed by atoms with Gasteiger partial charge >= 0.3 is 0 Å². The summed E-state index contributed by atoms with van der Waals surface area (Å²) in [4.78, 5) is 13.8. The molecule has 2 aromatic rings. The number of benzene rings is 1. The molecule has 0 unspecified atom stereocenters. The quantitative estimate of drug-likeness (QED) is 0.839. The summed E-state index contributed by atoms with van der Waals surface area (Å²) in [6.07, 6.45) is 1.77. The molecule has 0 saturated carbocycles. The predicted molar refractivity (Wildman–Crippen MR) is 86.6 cm³/mol. The number of sulfone groups is 1. The Kier molecular flexibility index (Phi) is 4.26. The van der Waals surface area contributed by atoms with Crippen LogP contribution in [0.4, 0.5) is 0 Å². The van der Waals surface area contributed by atoms with Crippen LogP contribution in [0.15, 0.2) is 47.1 Å². The standard InChI is InChI=1S/C17H19NO4S/c1-13-4-2-5-14(8-13)9-17(19)18-10-16(11-18)23(20,21)12-15-6-3-7-22-15/h2-8,16H,9-12H2,1H3. The molecule has 122 valence electrons. The van der Waals surface area contributed by atoms with Crippen LogP contribution in [0.5, 0.6) is 0 Å². The number of amides is 1. The van der Waals surface area contributed by atoms with E-state index in [4.69, 9.17) is 4.42 Å². The minimum absolute atomic E-state index is 0.0277. The Bertz CT molecular complexity index is 790. The summed E-state index contributed by atoms with van der Waals surface area (Å²) in [7, 11) is -3.28. The summed E-state index contributed by atoms with van der Waals surface area (Å²) >= 11 is 0. The fourth-order valence-electron chi connectivity index (χ4n) is 2.69. The number of hydrogen-bond donors (Lipinski definition) is 0. The van der Waals surface area contributed by atoms with Gasteiger partial charge in [0.1, 0.15) is 11.5 Å². The Balaban J connectivity index is 1.55. The van der Waals surface area contributed by atoms with Crippen LogP contribution < -0.4 is 0 Å². The summed E-state index contributed by atoms with van der Waals surface area (Å²) in [6, 6.07) is 11.1. The summed E-state index contributed by atoms with van der Waals surface area (Å²) in [6.45, 7) is 2.52. The van der Waals surface area contributed by atoms with Crippen molar-refractivity contribution in [2.24, 2.45) is 0 Å². The molecule has 1 amide bonds. The van der Waals surface area contributed by atoms with Crippen LogP contribution in [0.25, 0.3) is 0 Å². The molecule has 3 rings (SSSR count). The zero-order valence-electron chi connectivity index (χ0n) is 12.9. The fraction of sp³-hybridized carbons (Fsp3) is 0.353. The van der Waals surface area contributed by atoms with Gasteiger partial charge in [0, 0.05) is 13.1 Å². The molecule has 1 aromatic carbocycles. The van der Waals surface area contributed by atoms with E-state index in [9.17, 15) is 13.2 Å². The van der Waals surface area contributed by atoms with Crippen molar-refractivity contribution in [1.29, 1.82) is 0 Å². The summed E-state index contributed by atoms with van der Waals surface area (Å²) < 4.78 is 29.6. The van der Waals surface area contributed by atoms with Crippen LogP contribution in [0, 0.1) is 6.92 Å².